The van der Waals surface area contributed by atoms with E-state index >= 15 is 0 Å². The predicted molar refractivity (Wildman–Crippen MR) is 123 cm³/mol. The third-order valence-corrected chi connectivity index (χ3v) is 6.65. The molecular formula is C22H20Cl2N4O2S. The van der Waals surface area contributed by atoms with E-state index in [2.05, 4.69) is 9.97 Å². The van der Waals surface area contributed by atoms with Crippen molar-refractivity contribution in [2.45, 2.75) is 26.3 Å². The average Bonchev–Trinajstić information content (AvgIpc) is 3.29. The number of pyridine rings is 1. The van der Waals surface area contributed by atoms with Gasteiger partial charge in [0, 0.05) is 48.0 Å². The molecule has 31 heavy (non-hydrogen) atoms. The maximum absolute atomic E-state index is 12.9. The number of nitrogens with zero attached hydrogens (tertiary/aromatic N) is 4. The van der Waals surface area contributed by atoms with E-state index in [9.17, 15) is 9.59 Å². The van der Waals surface area contributed by atoms with Crippen LogP contribution in [0.5, 0.6) is 0 Å². The van der Waals surface area contributed by atoms with Gasteiger partial charge >= 0.3 is 6.03 Å². The number of anilines is 1. The number of halogens is 2. The minimum absolute atomic E-state index is 0.0176. The summed E-state index contributed by atoms with van der Waals surface area (Å²) in [7, 11) is 0. The van der Waals surface area contributed by atoms with E-state index < -0.39 is 0 Å². The molecule has 3 heterocycles. The summed E-state index contributed by atoms with van der Waals surface area (Å²) in [6, 6.07) is 10.8. The van der Waals surface area contributed by atoms with Gasteiger partial charge < -0.3 is 4.90 Å². The summed E-state index contributed by atoms with van der Waals surface area (Å²) in [5, 5.41) is 1.63. The monoisotopic (exact) mass is 474 g/mol. The zero-order valence-corrected chi connectivity index (χ0v) is 19.2. The van der Waals surface area contributed by atoms with Gasteiger partial charge in [-0.05, 0) is 49.2 Å². The van der Waals surface area contributed by atoms with Gasteiger partial charge in [0.15, 0.2) is 10.9 Å². The first kappa shape index (κ1) is 21.7. The van der Waals surface area contributed by atoms with Gasteiger partial charge in [-0.15, -0.1) is 0 Å². The molecule has 0 unspecified atom stereocenters. The Morgan fingerprint density at radius 1 is 1.16 bits per heavy atom. The third-order valence-electron chi connectivity index (χ3n) is 4.99. The topological polar surface area (TPSA) is 66.4 Å². The first-order valence-corrected chi connectivity index (χ1v) is 11.4. The van der Waals surface area contributed by atoms with E-state index in [4.69, 9.17) is 23.2 Å². The van der Waals surface area contributed by atoms with Gasteiger partial charge in [-0.1, -0.05) is 40.6 Å². The minimum atomic E-state index is -0.141. The van der Waals surface area contributed by atoms with Crippen LogP contribution in [0.3, 0.4) is 0 Å². The molecule has 1 aliphatic heterocycles. The van der Waals surface area contributed by atoms with Crippen molar-refractivity contribution >= 4 is 51.5 Å². The first-order valence-electron chi connectivity index (χ1n) is 9.82. The molecule has 3 aromatic rings. The second-order valence-corrected chi connectivity index (χ2v) is 9.14. The molecule has 0 radical (unpaired) electrons. The molecular weight excluding hydrogens is 455 g/mol. The summed E-state index contributed by atoms with van der Waals surface area (Å²) in [6.07, 6.45) is 2.65. The third kappa shape index (κ3) is 5.06. The Kier molecular flexibility index (Phi) is 6.55. The molecule has 1 aromatic carbocycles. The fourth-order valence-corrected chi connectivity index (χ4v) is 5.11. The number of hydrogen-bond donors (Lipinski definition) is 0. The van der Waals surface area contributed by atoms with Crippen LogP contribution in [-0.2, 0) is 13.0 Å². The summed E-state index contributed by atoms with van der Waals surface area (Å²) in [4.78, 5) is 38.4. The molecule has 2 amide bonds. The molecule has 6 nitrogen and oxygen atoms in total. The zero-order valence-electron chi connectivity index (χ0n) is 16.8. The molecule has 0 aliphatic carbocycles. The van der Waals surface area contributed by atoms with Crippen LogP contribution in [0.4, 0.5) is 9.93 Å². The molecule has 4 rings (SSSR count). The second-order valence-electron chi connectivity index (χ2n) is 7.29. The molecule has 160 valence electrons. The van der Waals surface area contributed by atoms with Crippen LogP contribution < -0.4 is 4.90 Å². The van der Waals surface area contributed by atoms with E-state index in [0.29, 0.717) is 58.2 Å². The number of urea groups is 1. The van der Waals surface area contributed by atoms with Crippen molar-refractivity contribution in [2.24, 2.45) is 0 Å². The van der Waals surface area contributed by atoms with Crippen LogP contribution in [0.2, 0.25) is 10.0 Å². The molecule has 0 spiro atoms. The normalized spacial score (nSPS) is 13.8. The Hall–Kier alpha value is -2.48. The molecule has 1 aliphatic rings. The van der Waals surface area contributed by atoms with Crippen molar-refractivity contribution < 1.29 is 9.59 Å². The van der Waals surface area contributed by atoms with E-state index in [0.717, 1.165) is 11.3 Å². The SMILES string of the molecule is Cc1nc(N2CCN(Cc3cc(Cl)cc(Cl)c3)C2=O)sc1C(=O)CCc1ccccn1. The highest BCUT2D eigenvalue weighted by Crippen LogP contribution is 2.30. The van der Waals surface area contributed by atoms with Crippen LogP contribution in [0.15, 0.2) is 42.6 Å². The number of rotatable bonds is 7. The van der Waals surface area contributed by atoms with Crippen molar-refractivity contribution in [3.05, 3.63) is 74.5 Å². The molecule has 1 saturated heterocycles. The van der Waals surface area contributed by atoms with E-state index in [-0.39, 0.29) is 11.8 Å². The van der Waals surface area contributed by atoms with Crippen molar-refractivity contribution in [3.63, 3.8) is 0 Å². The summed E-state index contributed by atoms with van der Waals surface area (Å²) in [5.41, 5.74) is 2.40. The number of thiazole rings is 1. The largest absolute Gasteiger partial charge is 0.326 e. The molecule has 1 fully saturated rings. The maximum Gasteiger partial charge on any atom is 0.326 e. The second kappa shape index (κ2) is 9.34. The van der Waals surface area contributed by atoms with Crippen LogP contribution in [0.1, 0.15) is 33.0 Å². The number of aryl methyl sites for hydroxylation is 2. The predicted octanol–water partition coefficient (Wildman–Crippen LogP) is 5.41. The standard InChI is InChI=1S/C22H20Cl2N4O2S/c1-14-20(19(29)6-5-18-4-2-3-7-25-18)31-21(26-14)28-9-8-27(22(28)30)13-15-10-16(23)12-17(24)11-15/h2-4,7,10-12H,5-6,8-9,13H2,1H3. The number of Topliss-reactive ketones (excluding diaryl/α,β-unsaturated/α-hetero) is 1. The summed E-state index contributed by atoms with van der Waals surface area (Å²) < 4.78 is 0. The van der Waals surface area contributed by atoms with E-state index in [1.165, 1.54) is 11.3 Å². The number of benzene rings is 1. The Bertz CT molecular complexity index is 1100. The molecule has 0 atom stereocenters. The first-order chi connectivity index (χ1) is 14.9. The number of aromatic nitrogens is 2. The van der Waals surface area contributed by atoms with Crippen molar-refractivity contribution in [3.8, 4) is 0 Å². The molecule has 0 N–H and O–H groups in total. The van der Waals surface area contributed by atoms with Gasteiger partial charge in [0.2, 0.25) is 0 Å². The average molecular weight is 475 g/mol. The minimum Gasteiger partial charge on any atom is -0.318 e. The maximum atomic E-state index is 12.9. The van der Waals surface area contributed by atoms with Gasteiger partial charge in [-0.25, -0.2) is 9.78 Å². The lowest BCUT2D eigenvalue weighted by Crippen LogP contribution is -2.31. The van der Waals surface area contributed by atoms with Gasteiger partial charge in [-0.3, -0.25) is 14.7 Å². The van der Waals surface area contributed by atoms with E-state index in [1.807, 2.05) is 18.2 Å². The highest BCUT2D eigenvalue weighted by Gasteiger charge is 2.32. The van der Waals surface area contributed by atoms with Gasteiger partial charge in [0.25, 0.3) is 0 Å². The number of hydrogen-bond acceptors (Lipinski definition) is 5. The Labute approximate surface area is 194 Å². The Balaban J connectivity index is 1.43. The number of ketones is 1. The van der Waals surface area contributed by atoms with Gasteiger partial charge in [0.05, 0.1) is 10.6 Å². The molecule has 0 bridgehead atoms. The van der Waals surface area contributed by atoms with Crippen molar-refractivity contribution in [2.75, 3.05) is 18.0 Å². The number of amides is 2. The van der Waals surface area contributed by atoms with Crippen LogP contribution >= 0.6 is 34.5 Å². The highest BCUT2D eigenvalue weighted by molar-refractivity contribution is 7.17. The van der Waals surface area contributed by atoms with Crippen molar-refractivity contribution in [1.82, 2.24) is 14.9 Å². The van der Waals surface area contributed by atoms with Gasteiger partial charge in [-0.2, -0.15) is 0 Å². The summed E-state index contributed by atoms with van der Waals surface area (Å²) in [6.45, 7) is 3.29. The Morgan fingerprint density at radius 2 is 1.94 bits per heavy atom. The summed E-state index contributed by atoms with van der Waals surface area (Å²) in [5.74, 6) is 0.0176. The zero-order chi connectivity index (χ0) is 22.0. The lowest BCUT2D eigenvalue weighted by molar-refractivity contribution is 0.0985. The number of carbonyl (C=O) groups excluding carboxylic acids is 2. The number of carbonyl (C=O) groups is 2. The van der Waals surface area contributed by atoms with E-state index in [1.54, 1.807) is 41.1 Å². The fourth-order valence-electron chi connectivity index (χ4n) is 3.49. The van der Waals surface area contributed by atoms with Crippen LogP contribution in [-0.4, -0.2) is 39.8 Å². The quantitative estimate of drug-likeness (QED) is 0.429. The lowest BCUT2D eigenvalue weighted by Gasteiger charge is -2.17. The summed E-state index contributed by atoms with van der Waals surface area (Å²) >= 11 is 13.4. The molecule has 0 saturated carbocycles. The lowest BCUT2D eigenvalue weighted by atomic mass is 10.1. The highest BCUT2D eigenvalue weighted by atomic mass is 35.5. The van der Waals surface area contributed by atoms with Crippen LogP contribution in [0, 0.1) is 6.92 Å². The van der Waals surface area contributed by atoms with Gasteiger partial charge in [0.1, 0.15) is 0 Å². The molecule has 2 aromatic heterocycles. The smallest absolute Gasteiger partial charge is 0.318 e. The molecule has 9 heteroatoms. The van der Waals surface area contributed by atoms with Crippen molar-refractivity contribution in [1.29, 1.82) is 0 Å². The fraction of sp³-hybridized carbons (Fsp3) is 0.273. The van der Waals surface area contributed by atoms with Crippen LogP contribution in [0.25, 0.3) is 0 Å². The Morgan fingerprint density at radius 3 is 2.65 bits per heavy atom.